The second kappa shape index (κ2) is 11.1. The maximum Gasteiger partial charge on any atom is 0.322 e. The fourth-order valence-corrected chi connectivity index (χ4v) is 4.11. The van der Waals surface area contributed by atoms with Gasteiger partial charge in [-0.15, -0.1) is 0 Å². The number of carbonyl (C=O) groups excluding carboxylic acids is 1. The van der Waals surface area contributed by atoms with Crippen LogP contribution in [0.15, 0.2) is 77.8 Å². The molecule has 1 unspecified atom stereocenters. The Morgan fingerprint density at radius 3 is 2.51 bits per heavy atom. The molecule has 0 bridgehead atoms. The van der Waals surface area contributed by atoms with Crippen molar-refractivity contribution in [3.63, 3.8) is 0 Å². The van der Waals surface area contributed by atoms with E-state index in [-0.39, 0.29) is 28.7 Å². The number of hydrogen-bond donors (Lipinski definition) is 2. The van der Waals surface area contributed by atoms with Crippen LogP contribution in [0.3, 0.4) is 0 Å². The molecule has 0 radical (unpaired) electrons. The van der Waals surface area contributed by atoms with Gasteiger partial charge in [0, 0.05) is 36.4 Å². The topological polar surface area (TPSA) is 83.8 Å². The molecule has 35 heavy (non-hydrogen) atoms. The first kappa shape index (κ1) is 24.3. The van der Waals surface area contributed by atoms with Gasteiger partial charge in [0.05, 0.1) is 16.8 Å². The molecule has 10 heteroatoms. The van der Waals surface area contributed by atoms with E-state index in [1.54, 1.807) is 29.2 Å². The number of amides is 2. The quantitative estimate of drug-likeness (QED) is 0.202. The fraction of sp³-hybridized carbons (Fsp3) is 0.160. The average molecular weight is 511 g/mol. The number of halogens is 3. The molecule has 1 aliphatic heterocycles. The van der Waals surface area contributed by atoms with Crippen LogP contribution in [0, 0.1) is 17.3 Å². The third kappa shape index (κ3) is 6.01. The highest BCUT2D eigenvalue weighted by atomic mass is 35.5. The molecule has 2 amide bonds. The number of nitrogens with zero attached hydrogens (tertiary/aromatic N) is 4. The number of aliphatic imine (C=N–C) groups is 1. The minimum absolute atomic E-state index is 0.198. The fourth-order valence-electron chi connectivity index (χ4n) is 3.82. The van der Waals surface area contributed by atoms with E-state index in [9.17, 15) is 14.4 Å². The number of rotatable bonds is 3. The normalized spacial score (nSPS) is 15.9. The molecule has 0 aromatic heterocycles. The maximum atomic E-state index is 13.8. The smallest absolute Gasteiger partial charge is 0.322 e. The van der Waals surface area contributed by atoms with Crippen molar-refractivity contribution in [1.82, 2.24) is 15.1 Å². The number of hydrogen-bond acceptors (Lipinski definition) is 3. The molecule has 3 aromatic rings. The molecule has 0 spiro atoms. The van der Waals surface area contributed by atoms with Crippen molar-refractivity contribution in [3.8, 4) is 6.19 Å². The van der Waals surface area contributed by atoms with Crippen LogP contribution in [0.4, 0.5) is 20.6 Å². The highest BCUT2D eigenvalue weighted by Gasteiger charge is 2.33. The summed E-state index contributed by atoms with van der Waals surface area (Å²) in [5, 5.41) is 15.6. The summed E-state index contributed by atoms with van der Waals surface area (Å²) in [6, 6.07) is 19.7. The van der Waals surface area contributed by atoms with Crippen molar-refractivity contribution in [3.05, 3.63) is 94.2 Å². The van der Waals surface area contributed by atoms with Crippen molar-refractivity contribution < 1.29 is 9.18 Å². The summed E-state index contributed by atoms with van der Waals surface area (Å²) < 4.78 is 13.8. The van der Waals surface area contributed by atoms with Crippen molar-refractivity contribution in [2.24, 2.45) is 4.99 Å². The highest BCUT2D eigenvalue weighted by Crippen LogP contribution is 2.29. The summed E-state index contributed by atoms with van der Waals surface area (Å²) in [5.41, 5.74) is 1.75. The van der Waals surface area contributed by atoms with Gasteiger partial charge in [-0.25, -0.2) is 14.2 Å². The predicted octanol–water partition coefficient (Wildman–Crippen LogP) is 5.78. The Labute approximate surface area is 212 Å². The van der Waals surface area contributed by atoms with Crippen LogP contribution >= 0.6 is 23.2 Å². The molecule has 1 saturated heterocycles. The molecule has 1 heterocycles. The molecule has 1 fully saturated rings. The van der Waals surface area contributed by atoms with Crippen molar-refractivity contribution in [2.75, 3.05) is 25.0 Å². The minimum Gasteiger partial charge on any atom is -0.338 e. The van der Waals surface area contributed by atoms with E-state index in [4.69, 9.17) is 23.2 Å². The molecule has 178 valence electrons. The van der Waals surface area contributed by atoms with Crippen LogP contribution in [0.2, 0.25) is 10.0 Å². The van der Waals surface area contributed by atoms with E-state index in [0.717, 1.165) is 5.56 Å². The van der Waals surface area contributed by atoms with E-state index in [1.807, 2.05) is 41.4 Å². The number of piperazine rings is 1. The van der Waals surface area contributed by atoms with Gasteiger partial charge in [0.2, 0.25) is 5.96 Å². The zero-order chi connectivity index (χ0) is 24.8. The third-order valence-electron chi connectivity index (χ3n) is 5.52. The lowest BCUT2D eigenvalue weighted by Gasteiger charge is -2.42. The average Bonchev–Trinajstić information content (AvgIpc) is 2.87. The lowest BCUT2D eigenvalue weighted by Crippen LogP contribution is -2.55. The standard InChI is InChI=1S/C25H21Cl2FN6O/c26-18-6-9-20(10-7-18)31-25(35)34-13-12-33(15-23(34)17-4-2-1-3-5-17)24(30-16-29)32-22-14-19(28)8-11-21(22)27/h1-11,14,23H,12-13,15H2,(H,30,32)(H,31,35). The molecule has 4 rings (SSSR count). The van der Waals surface area contributed by atoms with Gasteiger partial charge in [0.15, 0.2) is 6.19 Å². The first-order chi connectivity index (χ1) is 16.9. The van der Waals surface area contributed by atoms with E-state index < -0.39 is 5.82 Å². The molecule has 7 nitrogen and oxygen atoms in total. The van der Waals surface area contributed by atoms with Crippen molar-refractivity contribution in [1.29, 1.82) is 5.26 Å². The summed E-state index contributed by atoms with van der Waals surface area (Å²) in [5.74, 6) is -0.269. The molecular formula is C25H21Cl2FN6O. The largest absolute Gasteiger partial charge is 0.338 e. The minimum atomic E-state index is -0.490. The molecule has 0 saturated carbocycles. The van der Waals surface area contributed by atoms with Gasteiger partial charge < -0.3 is 15.1 Å². The third-order valence-corrected chi connectivity index (χ3v) is 6.09. The first-order valence-electron chi connectivity index (χ1n) is 10.8. The van der Waals surface area contributed by atoms with Gasteiger partial charge in [-0.2, -0.15) is 5.26 Å². The zero-order valence-corrected chi connectivity index (χ0v) is 20.0. The number of nitriles is 1. The van der Waals surface area contributed by atoms with Crippen LogP contribution in [-0.4, -0.2) is 41.4 Å². The molecule has 0 aliphatic carbocycles. The number of benzene rings is 3. The Morgan fingerprint density at radius 2 is 1.80 bits per heavy atom. The predicted molar refractivity (Wildman–Crippen MR) is 135 cm³/mol. The monoisotopic (exact) mass is 510 g/mol. The summed E-state index contributed by atoms with van der Waals surface area (Å²) in [4.78, 5) is 21.2. The zero-order valence-electron chi connectivity index (χ0n) is 18.5. The molecule has 2 N–H and O–H groups in total. The summed E-state index contributed by atoms with van der Waals surface area (Å²) in [6.07, 6.45) is 1.88. The van der Waals surface area contributed by atoms with Crippen molar-refractivity contribution in [2.45, 2.75) is 6.04 Å². The Kier molecular flexibility index (Phi) is 7.70. The molecular weight excluding hydrogens is 490 g/mol. The molecule has 1 atom stereocenters. The molecule has 1 aliphatic rings. The Hall–Kier alpha value is -3.80. The Bertz CT molecular complexity index is 1260. The summed E-state index contributed by atoms with van der Waals surface area (Å²) in [7, 11) is 0. The second-order valence-electron chi connectivity index (χ2n) is 7.77. The number of anilines is 1. The van der Waals surface area contributed by atoms with Gasteiger partial charge >= 0.3 is 6.03 Å². The van der Waals surface area contributed by atoms with Gasteiger partial charge in [0.25, 0.3) is 0 Å². The lowest BCUT2D eigenvalue weighted by atomic mass is 10.0. The van der Waals surface area contributed by atoms with E-state index in [0.29, 0.717) is 30.3 Å². The van der Waals surface area contributed by atoms with Crippen LogP contribution < -0.4 is 10.6 Å². The van der Waals surface area contributed by atoms with Gasteiger partial charge in [-0.3, -0.25) is 5.32 Å². The summed E-state index contributed by atoms with van der Waals surface area (Å²) >= 11 is 12.1. The number of nitrogens with one attached hydrogen (secondary N) is 2. The SMILES string of the molecule is N#CNC(=Nc1cc(F)ccc1Cl)N1CCN(C(=O)Nc2ccc(Cl)cc2)C(c2ccccc2)C1. The Morgan fingerprint density at radius 1 is 1.06 bits per heavy atom. The van der Waals surface area contributed by atoms with Crippen molar-refractivity contribution >= 4 is 46.6 Å². The summed E-state index contributed by atoms with van der Waals surface area (Å²) in [6.45, 7) is 1.08. The number of guanidine groups is 1. The van der Waals surface area contributed by atoms with Crippen LogP contribution in [-0.2, 0) is 0 Å². The van der Waals surface area contributed by atoms with E-state index >= 15 is 0 Å². The Balaban J connectivity index is 1.62. The first-order valence-corrected chi connectivity index (χ1v) is 11.5. The number of carbonyl (C=O) groups is 1. The van der Waals surface area contributed by atoms with Gasteiger partial charge in [-0.05, 0) is 42.0 Å². The van der Waals surface area contributed by atoms with Crippen LogP contribution in [0.25, 0.3) is 0 Å². The van der Waals surface area contributed by atoms with Crippen LogP contribution in [0.1, 0.15) is 11.6 Å². The van der Waals surface area contributed by atoms with Crippen LogP contribution in [0.5, 0.6) is 0 Å². The number of urea groups is 1. The van der Waals surface area contributed by atoms with Gasteiger partial charge in [0.1, 0.15) is 5.82 Å². The second-order valence-corrected chi connectivity index (χ2v) is 8.61. The van der Waals surface area contributed by atoms with E-state index in [2.05, 4.69) is 15.6 Å². The van der Waals surface area contributed by atoms with E-state index in [1.165, 1.54) is 18.2 Å². The van der Waals surface area contributed by atoms with Gasteiger partial charge in [-0.1, -0.05) is 53.5 Å². The lowest BCUT2D eigenvalue weighted by molar-refractivity contribution is 0.135. The molecule has 3 aromatic carbocycles. The maximum absolute atomic E-state index is 13.8. The highest BCUT2D eigenvalue weighted by molar-refractivity contribution is 6.33.